The molecule has 3 nitrogen and oxygen atoms in total. The number of benzene rings is 1. The second kappa shape index (κ2) is 5.18. The molecule has 0 fully saturated rings. The number of hydrogen-bond acceptors (Lipinski definition) is 3. The zero-order valence-corrected chi connectivity index (χ0v) is 9.92. The Hall–Kier alpha value is -1.88. The maximum Gasteiger partial charge on any atom is 0.200 e. The van der Waals surface area contributed by atoms with Gasteiger partial charge in [-0.05, 0) is 24.3 Å². The van der Waals surface area contributed by atoms with Crippen LogP contribution in [0.2, 0.25) is 5.02 Å². The zero-order valence-electron chi connectivity index (χ0n) is 9.16. The van der Waals surface area contributed by atoms with Crippen LogP contribution in [0.5, 0.6) is 5.75 Å². The molecule has 0 aliphatic carbocycles. The SMILES string of the molecule is Nc1ccc(Cl)c(COc2cccc(F)c2F)n1. The van der Waals surface area contributed by atoms with Crippen molar-refractivity contribution in [3.63, 3.8) is 0 Å². The highest BCUT2D eigenvalue weighted by Gasteiger charge is 2.10. The lowest BCUT2D eigenvalue weighted by molar-refractivity contribution is 0.281. The van der Waals surface area contributed by atoms with Gasteiger partial charge in [-0.3, -0.25) is 0 Å². The molecule has 1 aromatic carbocycles. The molecule has 1 aromatic heterocycles. The molecule has 0 aliphatic heterocycles. The summed E-state index contributed by atoms with van der Waals surface area (Å²) in [5.41, 5.74) is 5.85. The van der Waals surface area contributed by atoms with Crippen molar-refractivity contribution < 1.29 is 13.5 Å². The Labute approximate surface area is 107 Å². The molecule has 2 rings (SSSR count). The van der Waals surface area contributed by atoms with Crippen LogP contribution >= 0.6 is 11.6 Å². The monoisotopic (exact) mass is 270 g/mol. The first-order valence-electron chi connectivity index (χ1n) is 5.05. The molecule has 1 heterocycles. The molecule has 0 radical (unpaired) electrons. The van der Waals surface area contributed by atoms with Gasteiger partial charge in [0.05, 0.1) is 10.7 Å². The average molecular weight is 271 g/mol. The van der Waals surface area contributed by atoms with E-state index in [2.05, 4.69) is 4.98 Å². The molecule has 94 valence electrons. The highest BCUT2D eigenvalue weighted by molar-refractivity contribution is 6.31. The van der Waals surface area contributed by atoms with Crippen LogP contribution in [0, 0.1) is 11.6 Å². The van der Waals surface area contributed by atoms with Gasteiger partial charge in [0, 0.05) is 0 Å². The predicted molar refractivity (Wildman–Crippen MR) is 64.3 cm³/mol. The van der Waals surface area contributed by atoms with E-state index in [-0.39, 0.29) is 18.2 Å². The van der Waals surface area contributed by atoms with Gasteiger partial charge in [0.2, 0.25) is 5.82 Å². The van der Waals surface area contributed by atoms with Gasteiger partial charge in [0.25, 0.3) is 0 Å². The Morgan fingerprint density at radius 1 is 1.22 bits per heavy atom. The number of ether oxygens (including phenoxy) is 1. The number of nitrogens with two attached hydrogens (primary N) is 1. The number of pyridine rings is 1. The number of anilines is 1. The average Bonchev–Trinajstić information content (AvgIpc) is 2.35. The molecule has 2 N–H and O–H groups in total. The van der Waals surface area contributed by atoms with E-state index in [1.807, 2.05) is 0 Å². The lowest BCUT2D eigenvalue weighted by Gasteiger charge is -2.08. The first-order chi connectivity index (χ1) is 8.58. The van der Waals surface area contributed by atoms with E-state index >= 15 is 0 Å². The molecule has 0 aliphatic rings. The van der Waals surface area contributed by atoms with E-state index in [0.29, 0.717) is 10.7 Å². The van der Waals surface area contributed by atoms with Crippen molar-refractivity contribution in [3.05, 3.63) is 52.7 Å². The van der Waals surface area contributed by atoms with Crippen LogP contribution in [-0.2, 0) is 6.61 Å². The van der Waals surface area contributed by atoms with E-state index in [9.17, 15) is 8.78 Å². The van der Waals surface area contributed by atoms with Gasteiger partial charge in [0.1, 0.15) is 12.4 Å². The lowest BCUT2D eigenvalue weighted by Crippen LogP contribution is -2.03. The van der Waals surface area contributed by atoms with Crippen LogP contribution in [0.3, 0.4) is 0 Å². The standard InChI is InChI=1S/C12H9ClF2N2O/c13-7-4-5-11(16)17-9(7)6-18-10-3-1-2-8(14)12(10)15/h1-5H,6H2,(H2,16,17). The molecular formula is C12H9ClF2N2O. The second-order valence-electron chi connectivity index (χ2n) is 3.51. The summed E-state index contributed by atoms with van der Waals surface area (Å²) in [6.45, 7) is -0.0930. The molecule has 0 unspecified atom stereocenters. The molecular weight excluding hydrogens is 262 g/mol. The third-order valence-electron chi connectivity index (χ3n) is 2.22. The Balaban J connectivity index is 2.16. The first-order valence-corrected chi connectivity index (χ1v) is 5.43. The van der Waals surface area contributed by atoms with E-state index in [4.69, 9.17) is 22.1 Å². The number of hydrogen-bond donors (Lipinski definition) is 1. The lowest BCUT2D eigenvalue weighted by atomic mass is 10.3. The van der Waals surface area contributed by atoms with Crippen molar-refractivity contribution >= 4 is 17.4 Å². The fourth-order valence-corrected chi connectivity index (χ4v) is 1.50. The van der Waals surface area contributed by atoms with Crippen molar-refractivity contribution in [1.29, 1.82) is 0 Å². The van der Waals surface area contributed by atoms with Gasteiger partial charge < -0.3 is 10.5 Å². The fraction of sp³-hybridized carbons (Fsp3) is 0.0833. The summed E-state index contributed by atoms with van der Waals surface area (Å²) < 4.78 is 31.4. The third-order valence-corrected chi connectivity index (χ3v) is 2.56. The number of rotatable bonds is 3. The topological polar surface area (TPSA) is 48.1 Å². The Morgan fingerprint density at radius 3 is 2.78 bits per heavy atom. The third kappa shape index (κ3) is 2.68. The molecule has 0 saturated heterocycles. The molecule has 0 amide bonds. The molecule has 6 heteroatoms. The molecule has 18 heavy (non-hydrogen) atoms. The van der Waals surface area contributed by atoms with Gasteiger partial charge in [-0.15, -0.1) is 0 Å². The summed E-state index contributed by atoms with van der Waals surface area (Å²) in [6.07, 6.45) is 0. The maximum atomic E-state index is 13.3. The summed E-state index contributed by atoms with van der Waals surface area (Å²) in [4.78, 5) is 3.94. The molecule has 0 bridgehead atoms. The largest absolute Gasteiger partial charge is 0.484 e. The van der Waals surface area contributed by atoms with Crippen LogP contribution < -0.4 is 10.5 Å². The van der Waals surface area contributed by atoms with Crippen LogP contribution in [0.4, 0.5) is 14.6 Å². The van der Waals surface area contributed by atoms with Gasteiger partial charge in [0.15, 0.2) is 11.6 Å². The van der Waals surface area contributed by atoms with E-state index in [1.165, 1.54) is 18.2 Å². The van der Waals surface area contributed by atoms with Crippen molar-refractivity contribution in [1.82, 2.24) is 4.98 Å². The van der Waals surface area contributed by atoms with Crippen LogP contribution in [0.1, 0.15) is 5.69 Å². The summed E-state index contributed by atoms with van der Waals surface area (Å²) in [7, 11) is 0. The molecule has 0 atom stereocenters. The van der Waals surface area contributed by atoms with Gasteiger partial charge in [-0.25, -0.2) is 9.37 Å². The summed E-state index contributed by atoms with van der Waals surface area (Å²) in [5, 5.41) is 0.348. The Kier molecular flexibility index (Phi) is 3.62. The first kappa shape index (κ1) is 12.6. The summed E-state index contributed by atoms with van der Waals surface area (Å²) in [6, 6.07) is 6.77. The quantitative estimate of drug-likeness (QED) is 0.932. The van der Waals surface area contributed by atoms with Crippen LogP contribution in [0.15, 0.2) is 30.3 Å². The van der Waals surface area contributed by atoms with Crippen molar-refractivity contribution in [3.8, 4) is 5.75 Å². The zero-order chi connectivity index (χ0) is 13.1. The fourth-order valence-electron chi connectivity index (χ4n) is 1.34. The molecule has 2 aromatic rings. The van der Waals surface area contributed by atoms with Crippen molar-refractivity contribution in [2.75, 3.05) is 5.73 Å². The maximum absolute atomic E-state index is 13.3. The summed E-state index contributed by atoms with van der Waals surface area (Å²) >= 11 is 5.87. The van der Waals surface area contributed by atoms with Gasteiger partial charge in [-0.1, -0.05) is 17.7 Å². The number of halogens is 3. The molecule has 0 spiro atoms. The van der Waals surface area contributed by atoms with E-state index in [1.54, 1.807) is 6.07 Å². The Bertz CT molecular complexity index is 576. The van der Waals surface area contributed by atoms with Crippen LogP contribution in [0.25, 0.3) is 0 Å². The normalized spacial score (nSPS) is 10.4. The number of nitrogen functional groups attached to an aromatic ring is 1. The molecule has 0 saturated carbocycles. The predicted octanol–water partition coefficient (Wildman–Crippen LogP) is 3.17. The number of nitrogens with zero attached hydrogens (tertiary/aromatic N) is 1. The highest BCUT2D eigenvalue weighted by atomic mass is 35.5. The highest BCUT2D eigenvalue weighted by Crippen LogP contribution is 2.22. The minimum absolute atomic E-state index is 0.0930. The summed E-state index contributed by atoms with van der Waals surface area (Å²) in [5.74, 6) is -1.94. The van der Waals surface area contributed by atoms with Crippen molar-refractivity contribution in [2.24, 2.45) is 0 Å². The minimum atomic E-state index is -1.04. The van der Waals surface area contributed by atoms with Crippen molar-refractivity contribution in [2.45, 2.75) is 6.61 Å². The smallest absolute Gasteiger partial charge is 0.200 e. The number of aromatic nitrogens is 1. The van der Waals surface area contributed by atoms with Crippen LogP contribution in [-0.4, -0.2) is 4.98 Å². The second-order valence-corrected chi connectivity index (χ2v) is 3.91. The van der Waals surface area contributed by atoms with E-state index in [0.717, 1.165) is 6.07 Å². The van der Waals surface area contributed by atoms with Gasteiger partial charge >= 0.3 is 0 Å². The minimum Gasteiger partial charge on any atom is -0.484 e. The van der Waals surface area contributed by atoms with Gasteiger partial charge in [-0.2, -0.15) is 4.39 Å². The Morgan fingerprint density at radius 2 is 2.00 bits per heavy atom. The van der Waals surface area contributed by atoms with E-state index < -0.39 is 11.6 Å².